The van der Waals surface area contributed by atoms with Crippen molar-refractivity contribution in [3.8, 4) is 0 Å². The highest BCUT2D eigenvalue weighted by atomic mass is 32.2. The second-order valence-corrected chi connectivity index (χ2v) is 9.83. The van der Waals surface area contributed by atoms with E-state index in [-0.39, 0.29) is 18.5 Å². The molecular formula is C24H27N3O3S. The Bertz CT molecular complexity index is 1160. The summed E-state index contributed by atoms with van der Waals surface area (Å²) in [6, 6.07) is 22.8. The Kier molecular flexibility index (Phi) is 6.36. The van der Waals surface area contributed by atoms with Crippen LogP contribution in [-0.2, 0) is 14.8 Å². The third kappa shape index (κ3) is 4.95. The Morgan fingerprint density at radius 1 is 0.903 bits per heavy atom. The van der Waals surface area contributed by atoms with Crippen LogP contribution in [0.3, 0.4) is 0 Å². The summed E-state index contributed by atoms with van der Waals surface area (Å²) < 4.78 is 27.0. The molecular weight excluding hydrogens is 410 g/mol. The largest absolute Gasteiger partial charge is 0.348 e. The maximum absolute atomic E-state index is 12.7. The maximum Gasteiger partial charge on any atom is 0.243 e. The molecule has 1 amide bonds. The van der Waals surface area contributed by atoms with Crippen LogP contribution in [0.1, 0.15) is 18.5 Å². The Labute approximate surface area is 183 Å². The second-order valence-electron chi connectivity index (χ2n) is 7.89. The van der Waals surface area contributed by atoms with Gasteiger partial charge in [-0.2, -0.15) is 4.31 Å². The zero-order valence-electron chi connectivity index (χ0n) is 17.6. The predicted octanol–water partition coefficient (Wildman–Crippen LogP) is 3.02. The monoisotopic (exact) mass is 437 g/mol. The van der Waals surface area contributed by atoms with Crippen molar-refractivity contribution in [3.05, 3.63) is 78.4 Å². The third-order valence-electron chi connectivity index (χ3n) is 5.73. The number of piperazine rings is 1. The van der Waals surface area contributed by atoms with E-state index in [1.54, 1.807) is 30.3 Å². The van der Waals surface area contributed by atoms with Crippen LogP contribution in [0, 0.1) is 0 Å². The number of nitrogens with zero attached hydrogens (tertiary/aromatic N) is 2. The minimum atomic E-state index is -3.48. The smallest absolute Gasteiger partial charge is 0.243 e. The zero-order valence-corrected chi connectivity index (χ0v) is 18.4. The average molecular weight is 438 g/mol. The first kappa shape index (κ1) is 21.5. The number of carbonyl (C=O) groups is 1. The summed E-state index contributed by atoms with van der Waals surface area (Å²) in [5, 5.41) is 5.39. The van der Waals surface area contributed by atoms with Gasteiger partial charge in [0.1, 0.15) is 0 Å². The van der Waals surface area contributed by atoms with Crippen LogP contribution in [0.4, 0.5) is 0 Å². The molecule has 1 fully saturated rings. The number of hydrogen-bond acceptors (Lipinski definition) is 4. The van der Waals surface area contributed by atoms with E-state index in [0.717, 1.165) is 10.9 Å². The fourth-order valence-electron chi connectivity index (χ4n) is 3.92. The van der Waals surface area contributed by atoms with Gasteiger partial charge in [-0.3, -0.25) is 9.69 Å². The molecule has 0 aliphatic carbocycles. The second kappa shape index (κ2) is 9.18. The minimum Gasteiger partial charge on any atom is -0.348 e. The van der Waals surface area contributed by atoms with Crippen LogP contribution in [0.25, 0.3) is 10.8 Å². The molecule has 1 heterocycles. The first-order valence-electron chi connectivity index (χ1n) is 10.5. The summed E-state index contributed by atoms with van der Waals surface area (Å²) in [6.45, 7) is 4.06. The summed E-state index contributed by atoms with van der Waals surface area (Å²) >= 11 is 0. The van der Waals surface area contributed by atoms with Crippen molar-refractivity contribution in [2.24, 2.45) is 0 Å². The Hall–Kier alpha value is -2.74. The van der Waals surface area contributed by atoms with E-state index in [1.807, 2.05) is 30.0 Å². The zero-order chi connectivity index (χ0) is 21.8. The molecule has 1 saturated heterocycles. The molecule has 3 aromatic rings. The average Bonchev–Trinajstić information content (AvgIpc) is 2.79. The van der Waals surface area contributed by atoms with Gasteiger partial charge in [0.05, 0.1) is 17.5 Å². The van der Waals surface area contributed by atoms with Crippen molar-refractivity contribution in [3.63, 3.8) is 0 Å². The van der Waals surface area contributed by atoms with Crippen molar-refractivity contribution in [1.29, 1.82) is 0 Å². The number of rotatable bonds is 6. The van der Waals surface area contributed by atoms with Gasteiger partial charge in [-0.15, -0.1) is 0 Å². The molecule has 31 heavy (non-hydrogen) atoms. The van der Waals surface area contributed by atoms with Gasteiger partial charge < -0.3 is 5.32 Å². The maximum atomic E-state index is 12.7. The topological polar surface area (TPSA) is 69.7 Å². The van der Waals surface area contributed by atoms with Crippen LogP contribution in [0.5, 0.6) is 0 Å². The van der Waals surface area contributed by atoms with Gasteiger partial charge >= 0.3 is 0 Å². The molecule has 1 N–H and O–H groups in total. The van der Waals surface area contributed by atoms with Crippen LogP contribution in [0.15, 0.2) is 77.7 Å². The summed E-state index contributed by atoms with van der Waals surface area (Å²) in [5.74, 6) is -0.0555. The summed E-state index contributed by atoms with van der Waals surface area (Å²) in [6.07, 6.45) is 0. The molecule has 0 radical (unpaired) electrons. The highest BCUT2D eigenvalue weighted by molar-refractivity contribution is 7.89. The molecule has 0 aromatic heterocycles. The molecule has 4 rings (SSSR count). The van der Waals surface area contributed by atoms with Crippen LogP contribution in [-0.4, -0.2) is 56.3 Å². The number of carbonyl (C=O) groups excluding carboxylic acids is 1. The number of fused-ring (bicyclic) bond motifs is 1. The standard InChI is InChI=1S/C24H27N3O3S/c1-19(21-12-11-20-7-5-6-8-22(20)17-21)25-24(28)18-26-13-15-27(16-14-26)31(29,30)23-9-3-2-4-10-23/h2-12,17,19H,13-16,18H2,1H3,(H,25,28). The van der Waals surface area contributed by atoms with Crippen LogP contribution in [0.2, 0.25) is 0 Å². The first-order valence-corrected chi connectivity index (χ1v) is 11.9. The minimum absolute atomic E-state index is 0.0555. The molecule has 0 saturated carbocycles. The first-order chi connectivity index (χ1) is 14.9. The fraction of sp³-hybridized carbons (Fsp3) is 0.292. The lowest BCUT2D eigenvalue weighted by molar-refractivity contribution is -0.123. The number of sulfonamides is 1. The molecule has 1 aliphatic rings. The van der Waals surface area contributed by atoms with E-state index >= 15 is 0 Å². The Morgan fingerprint density at radius 3 is 2.26 bits per heavy atom. The van der Waals surface area contributed by atoms with E-state index in [2.05, 4.69) is 29.6 Å². The van der Waals surface area contributed by atoms with Gasteiger partial charge in [-0.1, -0.05) is 54.6 Å². The number of hydrogen-bond donors (Lipinski definition) is 1. The van der Waals surface area contributed by atoms with Crippen molar-refractivity contribution in [2.45, 2.75) is 17.9 Å². The molecule has 0 bridgehead atoms. The van der Waals surface area contributed by atoms with Gasteiger partial charge in [0.15, 0.2) is 0 Å². The van der Waals surface area contributed by atoms with Crippen molar-refractivity contribution in [2.75, 3.05) is 32.7 Å². The molecule has 3 aromatic carbocycles. The molecule has 6 nitrogen and oxygen atoms in total. The number of benzene rings is 3. The van der Waals surface area contributed by atoms with Gasteiger partial charge in [0.2, 0.25) is 15.9 Å². The lowest BCUT2D eigenvalue weighted by atomic mass is 10.0. The number of amides is 1. The van der Waals surface area contributed by atoms with E-state index in [4.69, 9.17) is 0 Å². The van der Waals surface area contributed by atoms with E-state index < -0.39 is 10.0 Å². The molecule has 1 aliphatic heterocycles. The quantitative estimate of drug-likeness (QED) is 0.644. The Balaban J connectivity index is 1.30. The van der Waals surface area contributed by atoms with Crippen molar-refractivity contribution < 1.29 is 13.2 Å². The van der Waals surface area contributed by atoms with E-state index in [9.17, 15) is 13.2 Å². The molecule has 162 valence electrons. The van der Waals surface area contributed by atoms with Crippen molar-refractivity contribution >= 4 is 26.7 Å². The van der Waals surface area contributed by atoms with Gasteiger partial charge in [-0.05, 0) is 41.5 Å². The van der Waals surface area contributed by atoms with Gasteiger partial charge in [0, 0.05) is 26.2 Å². The normalized spacial score (nSPS) is 16.8. The Morgan fingerprint density at radius 2 is 1.55 bits per heavy atom. The fourth-order valence-corrected chi connectivity index (χ4v) is 5.36. The third-order valence-corrected chi connectivity index (χ3v) is 7.64. The number of nitrogens with one attached hydrogen (secondary N) is 1. The lowest BCUT2D eigenvalue weighted by Crippen LogP contribution is -2.51. The van der Waals surface area contributed by atoms with E-state index in [0.29, 0.717) is 31.1 Å². The molecule has 1 atom stereocenters. The van der Waals surface area contributed by atoms with Crippen LogP contribution < -0.4 is 5.32 Å². The molecule has 7 heteroatoms. The highest BCUT2D eigenvalue weighted by Gasteiger charge is 2.29. The van der Waals surface area contributed by atoms with E-state index in [1.165, 1.54) is 9.69 Å². The lowest BCUT2D eigenvalue weighted by Gasteiger charge is -2.33. The predicted molar refractivity (Wildman–Crippen MR) is 122 cm³/mol. The summed E-state index contributed by atoms with van der Waals surface area (Å²) in [5.41, 5.74) is 1.06. The van der Waals surface area contributed by atoms with Gasteiger partial charge in [0.25, 0.3) is 0 Å². The van der Waals surface area contributed by atoms with Crippen LogP contribution >= 0.6 is 0 Å². The summed E-state index contributed by atoms with van der Waals surface area (Å²) in [7, 11) is -3.48. The summed E-state index contributed by atoms with van der Waals surface area (Å²) in [4.78, 5) is 14.9. The SMILES string of the molecule is CC(NC(=O)CN1CCN(S(=O)(=O)c2ccccc2)CC1)c1ccc2ccccc2c1. The van der Waals surface area contributed by atoms with Gasteiger partial charge in [-0.25, -0.2) is 8.42 Å². The molecule has 0 spiro atoms. The highest BCUT2D eigenvalue weighted by Crippen LogP contribution is 2.20. The molecule has 1 unspecified atom stereocenters. The van der Waals surface area contributed by atoms with Crippen molar-refractivity contribution in [1.82, 2.24) is 14.5 Å².